The van der Waals surface area contributed by atoms with Crippen molar-refractivity contribution in [2.75, 3.05) is 0 Å². The number of benzene rings is 1. The van der Waals surface area contributed by atoms with Crippen LogP contribution in [0.3, 0.4) is 0 Å². The number of carbonyl (C=O) groups is 1. The summed E-state index contributed by atoms with van der Waals surface area (Å²) in [5.41, 5.74) is 1.11. The maximum Gasteiger partial charge on any atom is 0.193 e. The predicted octanol–water partition coefficient (Wildman–Crippen LogP) is 2.46. The first-order valence-electron chi connectivity index (χ1n) is 4.47. The molecule has 0 bridgehead atoms. The molecule has 1 aliphatic carbocycles. The van der Waals surface area contributed by atoms with E-state index < -0.39 is 0 Å². The first kappa shape index (κ1) is 8.75. The third-order valence-corrected chi connectivity index (χ3v) is 2.21. The maximum atomic E-state index is 11.8. The standard InChI is InChI=1S/C12H10O2/c13-11-8-4-3-7-10(11)12(14)9-5-1-2-6-9/h1-5,7-8,13H,6H2. The van der Waals surface area contributed by atoms with Crippen LogP contribution in [0.4, 0.5) is 0 Å². The number of carbonyl (C=O) groups excluding carboxylic acids is 1. The number of Topliss-reactive ketones (excluding diaryl/α,β-unsaturated/α-hetero) is 1. The van der Waals surface area contributed by atoms with Gasteiger partial charge in [0.05, 0.1) is 5.56 Å². The van der Waals surface area contributed by atoms with Crippen molar-refractivity contribution in [3.05, 3.63) is 53.6 Å². The molecule has 0 heterocycles. The number of allylic oxidation sites excluding steroid dienone is 4. The highest BCUT2D eigenvalue weighted by molar-refractivity contribution is 6.11. The number of phenols is 1. The molecule has 0 unspecified atom stereocenters. The van der Waals surface area contributed by atoms with E-state index in [1.54, 1.807) is 24.3 Å². The summed E-state index contributed by atoms with van der Waals surface area (Å²) in [4.78, 5) is 11.8. The minimum atomic E-state index is -0.0897. The van der Waals surface area contributed by atoms with Crippen LogP contribution in [0.5, 0.6) is 5.75 Å². The van der Waals surface area contributed by atoms with Crippen LogP contribution in [0.25, 0.3) is 0 Å². The van der Waals surface area contributed by atoms with Crippen LogP contribution in [-0.4, -0.2) is 10.9 Å². The summed E-state index contributed by atoms with van der Waals surface area (Å²) < 4.78 is 0. The molecule has 0 saturated heterocycles. The average molecular weight is 186 g/mol. The van der Waals surface area contributed by atoms with Gasteiger partial charge in [-0.05, 0) is 18.6 Å². The zero-order chi connectivity index (χ0) is 9.97. The summed E-state index contributed by atoms with van der Waals surface area (Å²) in [5, 5.41) is 9.47. The van der Waals surface area contributed by atoms with Crippen LogP contribution in [0.15, 0.2) is 48.1 Å². The second kappa shape index (κ2) is 3.50. The second-order valence-corrected chi connectivity index (χ2v) is 3.17. The quantitative estimate of drug-likeness (QED) is 0.720. The van der Waals surface area contributed by atoms with Gasteiger partial charge in [0.25, 0.3) is 0 Å². The Morgan fingerprint density at radius 1 is 1.29 bits per heavy atom. The Kier molecular flexibility index (Phi) is 2.19. The van der Waals surface area contributed by atoms with Crippen molar-refractivity contribution in [3.8, 4) is 5.75 Å². The van der Waals surface area contributed by atoms with Crippen molar-refractivity contribution >= 4 is 5.78 Å². The van der Waals surface area contributed by atoms with E-state index in [2.05, 4.69) is 0 Å². The molecular weight excluding hydrogens is 176 g/mol. The van der Waals surface area contributed by atoms with E-state index in [1.165, 1.54) is 6.07 Å². The molecule has 0 amide bonds. The Morgan fingerprint density at radius 3 is 2.71 bits per heavy atom. The molecule has 0 radical (unpaired) electrons. The van der Waals surface area contributed by atoms with Gasteiger partial charge in [-0.1, -0.05) is 30.4 Å². The Labute approximate surface area is 82.2 Å². The minimum Gasteiger partial charge on any atom is -0.507 e. The summed E-state index contributed by atoms with van der Waals surface area (Å²) in [6.45, 7) is 0. The second-order valence-electron chi connectivity index (χ2n) is 3.17. The summed E-state index contributed by atoms with van der Waals surface area (Å²) in [6.07, 6.45) is 6.22. The average Bonchev–Trinajstić information content (AvgIpc) is 2.70. The third kappa shape index (κ3) is 1.46. The Bertz CT molecular complexity index is 428. The molecular formula is C12H10O2. The first-order valence-corrected chi connectivity index (χ1v) is 4.47. The molecule has 1 N–H and O–H groups in total. The number of aromatic hydroxyl groups is 1. The molecule has 0 atom stereocenters. The van der Waals surface area contributed by atoms with Crippen molar-refractivity contribution in [1.82, 2.24) is 0 Å². The smallest absolute Gasteiger partial charge is 0.193 e. The summed E-state index contributed by atoms with van der Waals surface area (Å²) in [6, 6.07) is 6.61. The van der Waals surface area contributed by atoms with Crippen molar-refractivity contribution < 1.29 is 9.90 Å². The fraction of sp³-hybridized carbons (Fsp3) is 0.0833. The van der Waals surface area contributed by atoms with Gasteiger partial charge in [0.15, 0.2) is 5.78 Å². The molecule has 1 aliphatic rings. The highest BCUT2D eigenvalue weighted by atomic mass is 16.3. The number of ketones is 1. The molecule has 0 aliphatic heterocycles. The van der Waals surface area contributed by atoms with Gasteiger partial charge >= 0.3 is 0 Å². The van der Waals surface area contributed by atoms with Crippen LogP contribution in [0, 0.1) is 0 Å². The largest absolute Gasteiger partial charge is 0.507 e. The van der Waals surface area contributed by atoms with Crippen LogP contribution < -0.4 is 0 Å². The molecule has 1 aromatic carbocycles. The zero-order valence-electron chi connectivity index (χ0n) is 7.60. The van der Waals surface area contributed by atoms with E-state index in [0.717, 1.165) is 5.57 Å². The van der Waals surface area contributed by atoms with Gasteiger partial charge in [0.1, 0.15) is 5.75 Å². The Balaban J connectivity index is 2.32. The molecule has 0 fully saturated rings. The molecule has 0 aromatic heterocycles. The number of para-hydroxylation sites is 1. The van der Waals surface area contributed by atoms with E-state index >= 15 is 0 Å². The number of phenolic OH excluding ortho intramolecular Hbond substituents is 1. The molecule has 0 spiro atoms. The van der Waals surface area contributed by atoms with Crippen LogP contribution in [0.2, 0.25) is 0 Å². The summed E-state index contributed by atoms with van der Waals surface area (Å²) >= 11 is 0. The zero-order valence-corrected chi connectivity index (χ0v) is 7.60. The van der Waals surface area contributed by atoms with Gasteiger partial charge in [0.2, 0.25) is 0 Å². The lowest BCUT2D eigenvalue weighted by Gasteiger charge is -2.03. The van der Waals surface area contributed by atoms with E-state index in [1.807, 2.05) is 12.2 Å². The lowest BCUT2D eigenvalue weighted by molar-refractivity contribution is 0.103. The van der Waals surface area contributed by atoms with E-state index in [4.69, 9.17) is 0 Å². The van der Waals surface area contributed by atoms with Crippen molar-refractivity contribution in [1.29, 1.82) is 0 Å². The SMILES string of the molecule is O=C(C1=CC=CC1)c1ccccc1O. The fourth-order valence-corrected chi connectivity index (χ4v) is 1.45. The van der Waals surface area contributed by atoms with Gasteiger partial charge in [0, 0.05) is 5.57 Å². The van der Waals surface area contributed by atoms with Gasteiger partial charge < -0.3 is 5.11 Å². The van der Waals surface area contributed by atoms with Gasteiger partial charge in [-0.25, -0.2) is 0 Å². The van der Waals surface area contributed by atoms with Crippen LogP contribution >= 0.6 is 0 Å². The summed E-state index contributed by atoms with van der Waals surface area (Å²) in [5.74, 6) is -0.0431. The van der Waals surface area contributed by atoms with E-state index in [-0.39, 0.29) is 11.5 Å². The predicted molar refractivity (Wildman–Crippen MR) is 54.3 cm³/mol. The Morgan fingerprint density at radius 2 is 2.07 bits per heavy atom. The summed E-state index contributed by atoms with van der Waals surface area (Å²) in [7, 11) is 0. The molecule has 2 rings (SSSR count). The van der Waals surface area contributed by atoms with E-state index in [0.29, 0.717) is 12.0 Å². The molecule has 0 saturated carbocycles. The van der Waals surface area contributed by atoms with Gasteiger partial charge in [-0.15, -0.1) is 0 Å². The maximum absolute atomic E-state index is 11.8. The lowest BCUT2D eigenvalue weighted by atomic mass is 10.0. The van der Waals surface area contributed by atoms with Crippen molar-refractivity contribution in [2.24, 2.45) is 0 Å². The number of hydrogen-bond donors (Lipinski definition) is 1. The van der Waals surface area contributed by atoms with E-state index in [9.17, 15) is 9.90 Å². The highest BCUT2D eigenvalue weighted by Gasteiger charge is 2.15. The topological polar surface area (TPSA) is 37.3 Å². The normalized spacial score (nSPS) is 14.1. The van der Waals surface area contributed by atoms with Crippen molar-refractivity contribution in [2.45, 2.75) is 6.42 Å². The molecule has 70 valence electrons. The van der Waals surface area contributed by atoms with Crippen molar-refractivity contribution in [3.63, 3.8) is 0 Å². The monoisotopic (exact) mass is 186 g/mol. The van der Waals surface area contributed by atoms with Gasteiger partial charge in [-0.2, -0.15) is 0 Å². The molecule has 1 aromatic rings. The fourth-order valence-electron chi connectivity index (χ4n) is 1.45. The van der Waals surface area contributed by atoms with Crippen LogP contribution in [-0.2, 0) is 0 Å². The van der Waals surface area contributed by atoms with Crippen LogP contribution in [0.1, 0.15) is 16.8 Å². The first-order chi connectivity index (χ1) is 6.79. The van der Waals surface area contributed by atoms with Gasteiger partial charge in [-0.3, -0.25) is 4.79 Å². The Hall–Kier alpha value is -1.83. The molecule has 2 nitrogen and oxygen atoms in total. The number of hydrogen-bond acceptors (Lipinski definition) is 2. The molecule has 2 heteroatoms. The number of rotatable bonds is 2. The highest BCUT2D eigenvalue weighted by Crippen LogP contribution is 2.22. The molecule has 14 heavy (non-hydrogen) atoms. The third-order valence-electron chi connectivity index (χ3n) is 2.21. The minimum absolute atomic E-state index is 0.0466. The lowest BCUT2D eigenvalue weighted by Crippen LogP contribution is -2.01.